The molecule has 0 bridgehead atoms. The molecule has 0 aromatic heterocycles. The maximum Gasteiger partial charge on any atom is 0.248 e. The van der Waals surface area contributed by atoms with E-state index < -0.39 is 34.4 Å². The first-order valence-electron chi connectivity index (χ1n) is 11.8. The highest BCUT2D eigenvalue weighted by molar-refractivity contribution is 6.00. The maximum atomic E-state index is 13.9. The van der Waals surface area contributed by atoms with Crippen LogP contribution in [0.5, 0.6) is 5.75 Å². The molecule has 0 radical (unpaired) electrons. The Morgan fingerprint density at radius 3 is 2.73 bits per heavy atom. The fourth-order valence-electron chi connectivity index (χ4n) is 6.81. The van der Waals surface area contributed by atoms with Gasteiger partial charge in [-0.3, -0.25) is 9.59 Å². The van der Waals surface area contributed by atoms with E-state index in [1.165, 1.54) is 0 Å². The van der Waals surface area contributed by atoms with Crippen molar-refractivity contribution in [2.45, 2.75) is 75.9 Å². The van der Waals surface area contributed by atoms with Crippen LogP contribution in [-0.2, 0) is 15.2 Å². The average Bonchev–Trinajstić information content (AvgIpc) is 3.41. The van der Waals surface area contributed by atoms with E-state index in [1.54, 1.807) is 15.9 Å². The number of ether oxygens (including phenoxy) is 1. The van der Waals surface area contributed by atoms with E-state index >= 15 is 0 Å². The normalized spacial score (nSPS) is 35.3. The molecule has 0 unspecified atom stereocenters. The largest absolute Gasteiger partial charge is 0.481 e. The molecule has 7 heteroatoms. The molecular weight excluding hydrogens is 418 g/mol. The van der Waals surface area contributed by atoms with Crippen molar-refractivity contribution in [2.24, 2.45) is 5.41 Å². The number of piperazine rings is 1. The highest BCUT2D eigenvalue weighted by Crippen LogP contribution is 2.65. The number of hydrogen-bond acceptors (Lipinski definition) is 5. The number of carbonyl (C=O) groups is 2. The molecule has 7 nitrogen and oxygen atoms in total. The summed E-state index contributed by atoms with van der Waals surface area (Å²) in [7, 11) is 0. The number of amides is 2. The molecule has 0 saturated carbocycles. The third-order valence-corrected chi connectivity index (χ3v) is 8.52. The zero-order valence-electron chi connectivity index (χ0n) is 19.6. The predicted octanol–water partition coefficient (Wildman–Crippen LogP) is 3.00. The van der Waals surface area contributed by atoms with Gasteiger partial charge in [-0.25, -0.2) is 0 Å². The molecule has 3 saturated heterocycles. The molecule has 0 spiro atoms. The van der Waals surface area contributed by atoms with E-state index in [9.17, 15) is 14.7 Å². The molecule has 2 amide bonds. The third-order valence-electron chi connectivity index (χ3n) is 8.52. The van der Waals surface area contributed by atoms with E-state index in [2.05, 4.69) is 11.9 Å². The summed E-state index contributed by atoms with van der Waals surface area (Å²) >= 11 is 0. The predicted molar refractivity (Wildman–Crippen MR) is 124 cm³/mol. The van der Waals surface area contributed by atoms with Gasteiger partial charge < -0.3 is 25.0 Å². The second-order valence-corrected chi connectivity index (χ2v) is 11.2. The Bertz CT molecular complexity index is 1150. The lowest BCUT2D eigenvalue weighted by atomic mass is 9.68. The first-order chi connectivity index (χ1) is 15.5. The number of aliphatic hydroxyl groups is 1. The molecule has 3 fully saturated rings. The van der Waals surface area contributed by atoms with Gasteiger partial charge in [-0.15, -0.1) is 6.58 Å². The molecule has 2 N–H and O–H groups in total. The second-order valence-electron chi connectivity index (χ2n) is 11.2. The quantitative estimate of drug-likeness (QED) is 0.679. The van der Waals surface area contributed by atoms with Crippen molar-refractivity contribution in [1.29, 1.82) is 0 Å². The van der Waals surface area contributed by atoms with Gasteiger partial charge in [-0.05, 0) is 32.8 Å². The molecule has 174 valence electrons. The first kappa shape index (κ1) is 20.8. The van der Waals surface area contributed by atoms with Crippen LogP contribution in [-0.4, -0.2) is 56.6 Å². The number of nitrogens with one attached hydrogen (secondary N) is 1. The molecule has 5 aliphatic rings. The molecule has 0 aliphatic carbocycles. The van der Waals surface area contributed by atoms with Crippen molar-refractivity contribution in [3.8, 4) is 5.75 Å². The van der Waals surface area contributed by atoms with Crippen molar-refractivity contribution >= 4 is 23.6 Å². The lowest BCUT2D eigenvalue weighted by Crippen LogP contribution is -2.73. The Kier molecular flexibility index (Phi) is 3.78. The summed E-state index contributed by atoms with van der Waals surface area (Å²) in [5, 5.41) is 16.1. The second kappa shape index (κ2) is 6.00. The van der Waals surface area contributed by atoms with E-state index in [-0.39, 0.29) is 18.2 Å². The van der Waals surface area contributed by atoms with Gasteiger partial charge in [-0.2, -0.15) is 0 Å². The number of anilines is 1. The van der Waals surface area contributed by atoms with Gasteiger partial charge in [0.1, 0.15) is 23.3 Å². The molecule has 33 heavy (non-hydrogen) atoms. The minimum Gasteiger partial charge on any atom is -0.481 e. The molecular formula is C26H31N3O4. The van der Waals surface area contributed by atoms with Gasteiger partial charge >= 0.3 is 0 Å². The standard InChI is InChI=1S/C26H31N3O4/c1-6-23(2,3)26-25(32,14-18-21(30)28-13-7-8-17(28)22(31)29(18)26)16-10-9-15-11-12-24(4,5)33-20(15)19(16)27-26/h6,9-12,17-18,27,32H,1,7-8,13-14H2,2-5H3/t17-,18+,25+,26-/m0/s1. The van der Waals surface area contributed by atoms with Crippen molar-refractivity contribution in [2.75, 3.05) is 11.9 Å². The van der Waals surface area contributed by atoms with Crippen LogP contribution in [0.2, 0.25) is 0 Å². The van der Waals surface area contributed by atoms with Crippen LogP contribution in [0.4, 0.5) is 5.69 Å². The van der Waals surface area contributed by atoms with Crippen molar-refractivity contribution in [3.05, 3.63) is 42.0 Å². The van der Waals surface area contributed by atoms with E-state index in [0.29, 0.717) is 30.0 Å². The summed E-state index contributed by atoms with van der Waals surface area (Å²) in [5.41, 5.74) is -1.75. The van der Waals surface area contributed by atoms with Gasteiger partial charge in [0, 0.05) is 29.5 Å². The van der Waals surface area contributed by atoms with Gasteiger partial charge in [0.15, 0.2) is 11.4 Å². The fourth-order valence-corrected chi connectivity index (χ4v) is 6.81. The Hall–Kier alpha value is -2.80. The summed E-state index contributed by atoms with van der Waals surface area (Å²) < 4.78 is 6.35. The van der Waals surface area contributed by atoms with Crippen LogP contribution in [0.15, 0.2) is 30.9 Å². The summed E-state index contributed by atoms with van der Waals surface area (Å²) in [4.78, 5) is 30.8. The molecule has 5 aliphatic heterocycles. The highest BCUT2D eigenvalue weighted by atomic mass is 16.5. The van der Waals surface area contributed by atoms with Crippen LogP contribution >= 0.6 is 0 Å². The van der Waals surface area contributed by atoms with Gasteiger partial charge in [0.25, 0.3) is 0 Å². The summed E-state index contributed by atoms with van der Waals surface area (Å²) in [6.07, 6.45) is 7.42. The fraction of sp³-hybridized carbons (Fsp3) is 0.538. The topological polar surface area (TPSA) is 82.1 Å². The summed E-state index contributed by atoms with van der Waals surface area (Å²) in [5.74, 6) is 0.496. The van der Waals surface area contributed by atoms with Crippen LogP contribution in [0.3, 0.4) is 0 Å². The summed E-state index contributed by atoms with van der Waals surface area (Å²) in [6.45, 7) is 12.5. The van der Waals surface area contributed by atoms with Crippen LogP contribution in [0.1, 0.15) is 58.1 Å². The SMILES string of the molecule is C=CC(C)(C)[C@@]12Nc3c(ccc4c3OC(C)(C)C=C4)[C@]1(O)C[C@@H]1C(=O)N3CCC[C@H]3C(=O)N12. The lowest BCUT2D eigenvalue weighted by Gasteiger charge is -2.54. The monoisotopic (exact) mass is 449 g/mol. The Balaban J connectivity index is 1.60. The molecule has 1 aromatic rings. The maximum absolute atomic E-state index is 13.9. The molecule has 4 atom stereocenters. The van der Waals surface area contributed by atoms with Crippen molar-refractivity contribution < 1.29 is 19.4 Å². The Morgan fingerprint density at radius 1 is 1.24 bits per heavy atom. The van der Waals surface area contributed by atoms with Crippen LogP contribution in [0, 0.1) is 5.41 Å². The van der Waals surface area contributed by atoms with E-state index in [0.717, 1.165) is 12.0 Å². The molecule has 1 aromatic carbocycles. The van der Waals surface area contributed by atoms with Crippen molar-refractivity contribution in [1.82, 2.24) is 9.80 Å². The smallest absolute Gasteiger partial charge is 0.248 e. The van der Waals surface area contributed by atoms with Gasteiger partial charge in [-0.1, -0.05) is 38.1 Å². The first-order valence-corrected chi connectivity index (χ1v) is 11.8. The number of fused-ring (bicyclic) bond motifs is 8. The van der Waals surface area contributed by atoms with Crippen LogP contribution in [0.25, 0.3) is 6.08 Å². The number of rotatable bonds is 2. The zero-order valence-corrected chi connectivity index (χ0v) is 19.6. The number of benzene rings is 1. The van der Waals surface area contributed by atoms with E-state index in [4.69, 9.17) is 4.74 Å². The number of carbonyl (C=O) groups excluding carboxylic acids is 2. The number of hydrogen-bond donors (Lipinski definition) is 2. The Labute approximate surface area is 194 Å². The number of nitrogens with zero attached hydrogens (tertiary/aromatic N) is 2. The minimum atomic E-state index is -1.49. The van der Waals surface area contributed by atoms with E-state index in [1.807, 2.05) is 52.0 Å². The van der Waals surface area contributed by atoms with Gasteiger partial charge in [0.2, 0.25) is 11.8 Å². The molecule has 6 rings (SSSR count). The Morgan fingerprint density at radius 2 is 2.00 bits per heavy atom. The summed E-state index contributed by atoms with van der Waals surface area (Å²) in [6, 6.07) is 2.66. The third kappa shape index (κ3) is 2.24. The highest BCUT2D eigenvalue weighted by Gasteiger charge is 2.76. The van der Waals surface area contributed by atoms with Crippen LogP contribution < -0.4 is 10.1 Å². The zero-order chi connectivity index (χ0) is 23.6. The van der Waals surface area contributed by atoms with Gasteiger partial charge in [0.05, 0.1) is 5.69 Å². The molecule has 5 heterocycles. The minimum absolute atomic E-state index is 0.0687. The van der Waals surface area contributed by atoms with Crippen molar-refractivity contribution in [3.63, 3.8) is 0 Å². The average molecular weight is 450 g/mol. The lowest BCUT2D eigenvalue weighted by molar-refractivity contribution is -0.169.